The molecule has 0 saturated carbocycles. The van der Waals surface area contributed by atoms with Gasteiger partial charge in [-0.05, 0) is 30.2 Å². The summed E-state index contributed by atoms with van der Waals surface area (Å²) in [6.07, 6.45) is 1.86. The highest BCUT2D eigenvalue weighted by Crippen LogP contribution is 2.25. The van der Waals surface area contributed by atoms with E-state index in [9.17, 15) is 4.79 Å². The number of aromatic nitrogens is 2. The van der Waals surface area contributed by atoms with Crippen LogP contribution in [0.5, 0.6) is 0 Å². The van der Waals surface area contributed by atoms with Crippen LogP contribution >= 0.6 is 0 Å². The summed E-state index contributed by atoms with van der Waals surface area (Å²) in [5.74, 6) is -0.385. The summed E-state index contributed by atoms with van der Waals surface area (Å²) >= 11 is 0. The molecule has 0 bridgehead atoms. The second-order valence-electron chi connectivity index (χ2n) is 6.17. The highest BCUT2D eigenvalue weighted by atomic mass is 16.5. The second-order valence-corrected chi connectivity index (χ2v) is 6.17. The lowest BCUT2D eigenvalue weighted by Gasteiger charge is -2.07. The monoisotopic (exact) mass is 342 g/mol. The van der Waals surface area contributed by atoms with Gasteiger partial charge in [-0.1, -0.05) is 60.7 Å². The Labute approximate surface area is 151 Å². The number of hydrogen-bond donors (Lipinski definition) is 0. The maximum atomic E-state index is 12.9. The van der Waals surface area contributed by atoms with Crippen LogP contribution in [-0.2, 0) is 11.3 Å². The minimum Gasteiger partial charge on any atom is -0.456 e. The first-order chi connectivity index (χ1) is 12.7. The molecular formula is C22H18N2O2. The third kappa shape index (κ3) is 3.09. The molecule has 0 aliphatic rings. The molecule has 4 aromatic rings. The lowest BCUT2D eigenvalue weighted by Crippen LogP contribution is -2.09. The van der Waals surface area contributed by atoms with Crippen LogP contribution < -0.4 is 0 Å². The number of pyridine rings is 1. The number of ether oxygens (including phenoxy) is 1. The first-order valence-corrected chi connectivity index (χ1v) is 8.47. The Balaban J connectivity index is 1.75. The minimum absolute atomic E-state index is 0.229. The van der Waals surface area contributed by atoms with Gasteiger partial charge in [0.2, 0.25) is 0 Å². The fourth-order valence-corrected chi connectivity index (χ4v) is 2.93. The Hall–Kier alpha value is -3.40. The van der Waals surface area contributed by atoms with Crippen molar-refractivity contribution in [1.29, 1.82) is 0 Å². The molecule has 4 nitrogen and oxygen atoms in total. The average Bonchev–Trinajstić information content (AvgIpc) is 3.06. The van der Waals surface area contributed by atoms with Gasteiger partial charge in [-0.15, -0.1) is 0 Å². The van der Waals surface area contributed by atoms with Crippen LogP contribution in [0.4, 0.5) is 0 Å². The van der Waals surface area contributed by atoms with E-state index in [0.29, 0.717) is 11.4 Å². The third-order valence-electron chi connectivity index (χ3n) is 4.23. The zero-order valence-electron chi connectivity index (χ0n) is 14.4. The normalized spacial score (nSPS) is 10.8. The number of imidazole rings is 1. The molecule has 2 heterocycles. The van der Waals surface area contributed by atoms with E-state index in [-0.39, 0.29) is 12.6 Å². The summed E-state index contributed by atoms with van der Waals surface area (Å²) in [6.45, 7) is 2.23. The Bertz CT molecular complexity index is 1050. The van der Waals surface area contributed by atoms with E-state index in [1.807, 2.05) is 85.9 Å². The number of fused-ring (bicyclic) bond motifs is 1. The van der Waals surface area contributed by atoms with Gasteiger partial charge in [0.1, 0.15) is 17.9 Å². The van der Waals surface area contributed by atoms with Crippen molar-refractivity contribution in [3.05, 3.63) is 95.8 Å². The number of hydrogen-bond acceptors (Lipinski definition) is 3. The molecule has 0 unspecified atom stereocenters. The topological polar surface area (TPSA) is 43.6 Å². The van der Waals surface area contributed by atoms with Crippen LogP contribution in [0, 0.1) is 6.92 Å². The van der Waals surface area contributed by atoms with Crippen molar-refractivity contribution >= 4 is 11.6 Å². The molecular weight excluding hydrogens is 324 g/mol. The highest BCUT2D eigenvalue weighted by Gasteiger charge is 2.22. The van der Waals surface area contributed by atoms with Gasteiger partial charge in [0, 0.05) is 11.8 Å². The van der Waals surface area contributed by atoms with Gasteiger partial charge in [-0.2, -0.15) is 0 Å². The molecule has 128 valence electrons. The molecule has 0 atom stereocenters. The first-order valence-electron chi connectivity index (χ1n) is 8.47. The molecule has 0 fully saturated rings. The van der Waals surface area contributed by atoms with Gasteiger partial charge < -0.3 is 4.74 Å². The SMILES string of the molecule is Cc1ccn2c(C(=O)OCc3ccccc3)c(-c3ccccc3)nc2c1. The standard InChI is InChI=1S/C22H18N2O2/c1-16-12-13-24-19(14-16)23-20(18-10-6-3-7-11-18)21(24)22(25)26-15-17-8-4-2-5-9-17/h2-14H,15H2,1H3. The average molecular weight is 342 g/mol. The number of aryl methyl sites for hydroxylation is 1. The number of esters is 1. The van der Waals surface area contributed by atoms with Gasteiger partial charge in [-0.25, -0.2) is 9.78 Å². The fourth-order valence-electron chi connectivity index (χ4n) is 2.93. The smallest absolute Gasteiger partial charge is 0.357 e. The number of carbonyl (C=O) groups excluding carboxylic acids is 1. The maximum Gasteiger partial charge on any atom is 0.357 e. The summed E-state index contributed by atoms with van der Waals surface area (Å²) in [4.78, 5) is 17.6. The molecule has 0 radical (unpaired) electrons. The van der Waals surface area contributed by atoms with Crippen molar-refractivity contribution in [3.8, 4) is 11.3 Å². The van der Waals surface area contributed by atoms with Crippen molar-refractivity contribution in [3.63, 3.8) is 0 Å². The molecule has 0 spiro atoms. The summed E-state index contributed by atoms with van der Waals surface area (Å²) in [5, 5.41) is 0. The highest BCUT2D eigenvalue weighted by molar-refractivity contribution is 5.96. The summed E-state index contributed by atoms with van der Waals surface area (Å²) in [6, 6.07) is 23.3. The number of benzene rings is 2. The Morgan fingerprint density at radius 2 is 1.69 bits per heavy atom. The van der Waals surface area contributed by atoms with Crippen molar-refractivity contribution in [2.75, 3.05) is 0 Å². The maximum absolute atomic E-state index is 12.9. The zero-order chi connectivity index (χ0) is 17.9. The van der Waals surface area contributed by atoms with E-state index in [0.717, 1.165) is 22.3 Å². The van der Waals surface area contributed by atoms with Crippen LogP contribution in [0.25, 0.3) is 16.9 Å². The Kier molecular flexibility index (Phi) is 4.23. The Morgan fingerprint density at radius 3 is 2.42 bits per heavy atom. The Morgan fingerprint density at radius 1 is 1.00 bits per heavy atom. The van der Waals surface area contributed by atoms with Gasteiger partial charge in [0.05, 0.1) is 0 Å². The molecule has 4 rings (SSSR count). The van der Waals surface area contributed by atoms with Gasteiger partial charge in [0.25, 0.3) is 0 Å². The molecule has 26 heavy (non-hydrogen) atoms. The summed E-state index contributed by atoms with van der Waals surface area (Å²) < 4.78 is 7.37. The molecule has 0 saturated heterocycles. The van der Waals surface area contributed by atoms with Gasteiger partial charge in [-0.3, -0.25) is 4.40 Å². The molecule has 0 aliphatic heterocycles. The lowest BCUT2D eigenvalue weighted by atomic mass is 10.1. The fraction of sp³-hybridized carbons (Fsp3) is 0.0909. The van der Waals surface area contributed by atoms with E-state index >= 15 is 0 Å². The van der Waals surface area contributed by atoms with Gasteiger partial charge >= 0.3 is 5.97 Å². The first kappa shape index (κ1) is 16.1. The summed E-state index contributed by atoms with van der Waals surface area (Å²) in [5.41, 5.74) is 4.74. The molecule has 2 aromatic carbocycles. The quantitative estimate of drug-likeness (QED) is 0.506. The molecule has 0 N–H and O–H groups in total. The largest absolute Gasteiger partial charge is 0.456 e. The number of nitrogens with zero attached hydrogens (tertiary/aromatic N) is 2. The predicted octanol–water partition coefficient (Wildman–Crippen LogP) is 4.67. The van der Waals surface area contributed by atoms with Crippen LogP contribution in [0.1, 0.15) is 21.6 Å². The molecule has 2 aromatic heterocycles. The third-order valence-corrected chi connectivity index (χ3v) is 4.23. The van der Waals surface area contributed by atoms with Crippen LogP contribution in [0.2, 0.25) is 0 Å². The number of carbonyl (C=O) groups is 1. The van der Waals surface area contributed by atoms with E-state index in [1.54, 1.807) is 4.40 Å². The second kappa shape index (κ2) is 6.84. The minimum atomic E-state index is -0.385. The van der Waals surface area contributed by atoms with E-state index in [1.165, 1.54) is 0 Å². The van der Waals surface area contributed by atoms with Crippen molar-refractivity contribution in [2.45, 2.75) is 13.5 Å². The van der Waals surface area contributed by atoms with E-state index in [2.05, 4.69) is 4.98 Å². The zero-order valence-corrected chi connectivity index (χ0v) is 14.4. The lowest BCUT2D eigenvalue weighted by molar-refractivity contribution is 0.0465. The number of rotatable bonds is 4. The summed E-state index contributed by atoms with van der Waals surface area (Å²) in [7, 11) is 0. The van der Waals surface area contributed by atoms with Crippen molar-refractivity contribution in [1.82, 2.24) is 9.38 Å². The van der Waals surface area contributed by atoms with E-state index in [4.69, 9.17) is 4.74 Å². The van der Waals surface area contributed by atoms with Crippen LogP contribution in [0.15, 0.2) is 79.0 Å². The predicted molar refractivity (Wildman–Crippen MR) is 101 cm³/mol. The van der Waals surface area contributed by atoms with Gasteiger partial charge in [0.15, 0.2) is 5.69 Å². The molecule has 0 amide bonds. The van der Waals surface area contributed by atoms with Crippen LogP contribution in [0.3, 0.4) is 0 Å². The van der Waals surface area contributed by atoms with Crippen molar-refractivity contribution in [2.24, 2.45) is 0 Å². The van der Waals surface area contributed by atoms with Crippen molar-refractivity contribution < 1.29 is 9.53 Å². The molecule has 4 heteroatoms. The van der Waals surface area contributed by atoms with E-state index < -0.39 is 0 Å². The molecule has 0 aliphatic carbocycles. The van der Waals surface area contributed by atoms with Crippen LogP contribution in [-0.4, -0.2) is 15.4 Å².